The highest BCUT2D eigenvalue weighted by molar-refractivity contribution is 7.45. The molecule has 498 valence electrons. The number of hydrogen-bond acceptors (Lipinski definition) is 6. The summed E-state index contributed by atoms with van der Waals surface area (Å²) in [5, 5.41) is 14.1. The standard InChI is InChI=1S/C76H143N2O6P/c1-6-8-10-12-14-16-18-20-22-24-26-28-30-32-34-36-38-40-41-43-45-47-49-51-53-55-57-59-61-63-65-67-69-75(79)74(73-84-85(81,82)83-72-71-78(3,4)5)77-76(80)70-68-66-64-62-60-58-56-54-52-50-48-46-44-42-39-37-35-33-31-29-27-25-23-21-19-17-15-13-11-9-7-2/h9,11,15,17,21,23,27,29,33,35,39,42,74-75,79H,6-8,10,12-14,16,18-20,22,24-26,28,30-32,34,36-38,40-41,43-73H2,1-5H3,(H-,77,80,81,82)/b11-9-,17-15-,23-21-,29-27-,35-33-,42-39-. The number of allylic oxidation sites excluding steroid dienone is 12. The van der Waals surface area contributed by atoms with E-state index in [4.69, 9.17) is 9.05 Å². The molecule has 0 spiro atoms. The molecule has 0 aromatic heterocycles. The number of unbranched alkanes of at least 4 members (excludes halogenated alkanes) is 43. The summed E-state index contributed by atoms with van der Waals surface area (Å²) in [5.74, 6) is -0.164. The van der Waals surface area contributed by atoms with Crippen molar-refractivity contribution in [1.29, 1.82) is 0 Å². The second-order valence-electron chi connectivity index (χ2n) is 26.3. The molecular formula is C76H143N2O6P. The van der Waals surface area contributed by atoms with Crippen molar-refractivity contribution in [2.75, 3.05) is 40.9 Å². The number of aliphatic hydroxyl groups is 1. The molecule has 9 heteroatoms. The van der Waals surface area contributed by atoms with Crippen LogP contribution < -0.4 is 10.2 Å². The number of carbonyl (C=O) groups excluding carboxylic acids is 1. The van der Waals surface area contributed by atoms with E-state index in [0.29, 0.717) is 23.9 Å². The van der Waals surface area contributed by atoms with Gasteiger partial charge in [0.15, 0.2) is 0 Å². The highest BCUT2D eigenvalue weighted by Crippen LogP contribution is 2.38. The molecule has 0 saturated carbocycles. The SMILES string of the molecule is CC/C=C\C/C=C\C/C=C\C/C=C\C/C=C\C/C=C\CCCCCCCCCCCCCCC(=O)NC(COP(=O)([O-])OCC[N+](C)(C)C)C(O)CCCCCCCCCCCCCCCCCCCCCCCCCCCCCCCCCC. The summed E-state index contributed by atoms with van der Waals surface area (Å²) in [6.07, 6.45) is 92.8. The third-order valence-corrected chi connectivity index (χ3v) is 17.7. The number of phosphoric acid groups is 1. The third-order valence-electron chi connectivity index (χ3n) is 16.7. The lowest BCUT2D eigenvalue weighted by molar-refractivity contribution is -0.870. The van der Waals surface area contributed by atoms with Gasteiger partial charge < -0.3 is 28.8 Å². The fraction of sp³-hybridized carbons (Fsp3) is 0.829. The highest BCUT2D eigenvalue weighted by Gasteiger charge is 2.24. The minimum absolute atomic E-state index is 0.0103. The number of amides is 1. The lowest BCUT2D eigenvalue weighted by atomic mass is 10.0. The molecule has 1 amide bonds. The minimum atomic E-state index is -4.59. The largest absolute Gasteiger partial charge is 0.756 e. The number of likely N-dealkylation sites (N-methyl/N-ethyl adjacent to an activating group) is 1. The van der Waals surface area contributed by atoms with E-state index in [9.17, 15) is 19.4 Å². The predicted molar refractivity (Wildman–Crippen MR) is 371 cm³/mol. The van der Waals surface area contributed by atoms with Gasteiger partial charge in [-0.2, -0.15) is 0 Å². The molecule has 0 aliphatic carbocycles. The van der Waals surface area contributed by atoms with E-state index in [1.54, 1.807) is 0 Å². The molecule has 3 unspecified atom stereocenters. The van der Waals surface area contributed by atoms with Crippen molar-refractivity contribution in [3.8, 4) is 0 Å². The van der Waals surface area contributed by atoms with Gasteiger partial charge in [0.1, 0.15) is 13.2 Å². The Labute approximate surface area is 529 Å². The number of aliphatic hydroxyl groups excluding tert-OH is 1. The summed E-state index contributed by atoms with van der Waals surface area (Å²) in [7, 11) is 1.31. The van der Waals surface area contributed by atoms with Crippen molar-refractivity contribution in [2.45, 2.75) is 366 Å². The lowest BCUT2D eigenvalue weighted by Crippen LogP contribution is -2.46. The van der Waals surface area contributed by atoms with Gasteiger partial charge in [0.25, 0.3) is 7.82 Å². The zero-order valence-corrected chi connectivity index (χ0v) is 58.0. The topological polar surface area (TPSA) is 108 Å². The lowest BCUT2D eigenvalue weighted by Gasteiger charge is -2.30. The Balaban J connectivity index is 4.02. The zero-order chi connectivity index (χ0) is 61.9. The maximum atomic E-state index is 13.1. The minimum Gasteiger partial charge on any atom is -0.756 e. The fourth-order valence-corrected chi connectivity index (χ4v) is 11.8. The number of quaternary nitrogens is 1. The average molecular weight is 1210 g/mol. The molecule has 0 fully saturated rings. The van der Waals surface area contributed by atoms with Crippen molar-refractivity contribution < 1.29 is 32.9 Å². The number of nitrogens with zero attached hydrogens (tertiary/aromatic N) is 1. The van der Waals surface area contributed by atoms with Crippen LogP contribution in [0.15, 0.2) is 72.9 Å². The summed E-state index contributed by atoms with van der Waals surface area (Å²) in [6.45, 7) is 4.65. The quantitative estimate of drug-likeness (QED) is 0.0272. The number of carbonyl (C=O) groups is 1. The van der Waals surface area contributed by atoms with Gasteiger partial charge in [-0.3, -0.25) is 9.36 Å². The van der Waals surface area contributed by atoms with E-state index in [0.717, 1.165) is 77.0 Å². The van der Waals surface area contributed by atoms with Gasteiger partial charge in [0, 0.05) is 6.42 Å². The Bertz CT molecular complexity index is 1620. The highest BCUT2D eigenvalue weighted by atomic mass is 31.2. The number of rotatable bonds is 68. The van der Waals surface area contributed by atoms with Gasteiger partial charge in [0.2, 0.25) is 5.91 Å². The van der Waals surface area contributed by atoms with Crippen LogP contribution in [0.4, 0.5) is 0 Å². The normalized spacial score (nSPS) is 14.0. The molecule has 0 aliphatic heterocycles. The Kier molecular flexibility index (Phi) is 64.8. The van der Waals surface area contributed by atoms with Gasteiger partial charge in [-0.05, 0) is 64.2 Å². The first-order valence-electron chi connectivity index (χ1n) is 36.8. The van der Waals surface area contributed by atoms with Gasteiger partial charge in [-0.15, -0.1) is 0 Å². The van der Waals surface area contributed by atoms with Gasteiger partial charge in [-0.25, -0.2) is 0 Å². The van der Waals surface area contributed by atoms with Crippen molar-refractivity contribution in [3.63, 3.8) is 0 Å². The third kappa shape index (κ3) is 69.3. The van der Waals surface area contributed by atoms with Crippen molar-refractivity contribution in [1.82, 2.24) is 5.32 Å². The Morgan fingerprint density at radius 1 is 0.424 bits per heavy atom. The first-order valence-corrected chi connectivity index (χ1v) is 38.2. The van der Waals surface area contributed by atoms with Crippen LogP contribution in [0.5, 0.6) is 0 Å². The summed E-state index contributed by atoms with van der Waals surface area (Å²) < 4.78 is 23.6. The molecule has 0 rings (SSSR count). The smallest absolute Gasteiger partial charge is 0.268 e. The van der Waals surface area contributed by atoms with Crippen LogP contribution in [-0.2, 0) is 18.4 Å². The summed E-state index contributed by atoms with van der Waals surface area (Å²) in [6, 6.07) is -0.808. The van der Waals surface area contributed by atoms with Crippen molar-refractivity contribution >= 4 is 13.7 Å². The van der Waals surface area contributed by atoms with Crippen molar-refractivity contribution in [2.24, 2.45) is 0 Å². The molecule has 0 heterocycles. The van der Waals surface area contributed by atoms with Gasteiger partial charge >= 0.3 is 0 Å². The number of nitrogens with one attached hydrogen (secondary N) is 1. The van der Waals surface area contributed by atoms with Gasteiger partial charge in [-0.1, -0.05) is 356 Å². The molecule has 0 bridgehead atoms. The van der Waals surface area contributed by atoms with Crippen LogP contribution in [0.1, 0.15) is 354 Å². The van der Waals surface area contributed by atoms with E-state index < -0.39 is 20.0 Å². The molecular weight excluding hydrogens is 1070 g/mol. The summed E-state index contributed by atoms with van der Waals surface area (Å²) >= 11 is 0. The molecule has 8 nitrogen and oxygen atoms in total. The number of phosphoric ester groups is 1. The molecule has 0 aromatic carbocycles. The van der Waals surface area contributed by atoms with Crippen LogP contribution in [-0.4, -0.2) is 68.5 Å². The molecule has 3 atom stereocenters. The molecule has 0 aromatic rings. The molecule has 2 N–H and O–H groups in total. The van der Waals surface area contributed by atoms with Crippen LogP contribution in [0.2, 0.25) is 0 Å². The summed E-state index contributed by atoms with van der Waals surface area (Å²) in [4.78, 5) is 25.7. The second kappa shape index (κ2) is 66.4. The fourth-order valence-electron chi connectivity index (χ4n) is 11.0. The van der Waals surface area contributed by atoms with Crippen molar-refractivity contribution in [3.05, 3.63) is 72.9 Å². The number of hydrogen-bond donors (Lipinski definition) is 2. The maximum absolute atomic E-state index is 13.1. The zero-order valence-electron chi connectivity index (χ0n) is 57.1. The maximum Gasteiger partial charge on any atom is 0.268 e. The predicted octanol–water partition coefficient (Wildman–Crippen LogP) is 23.1. The first-order chi connectivity index (χ1) is 41.5. The second-order valence-corrected chi connectivity index (χ2v) is 27.7. The van der Waals surface area contributed by atoms with Crippen LogP contribution in [0, 0.1) is 0 Å². The molecule has 0 radical (unpaired) electrons. The Morgan fingerprint density at radius 3 is 1.05 bits per heavy atom. The average Bonchev–Trinajstić information content (AvgIpc) is 3.49. The Morgan fingerprint density at radius 2 is 0.718 bits per heavy atom. The van der Waals surface area contributed by atoms with E-state index in [1.807, 2.05) is 21.1 Å². The summed E-state index contributed by atoms with van der Waals surface area (Å²) in [5.41, 5.74) is 0. The molecule has 0 saturated heterocycles. The molecule has 0 aliphatic rings. The van der Waals surface area contributed by atoms with Crippen LogP contribution in [0.3, 0.4) is 0 Å². The Hall–Kier alpha value is -2.06. The monoisotopic (exact) mass is 1210 g/mol. The van der Waals surface area contributed by atoms with E-state index in [2.05, 4.69) is 92.1 Å². The molecule has 85 heavy (non-hydrogen) atoms. The van der Waals surface area contributed by atoms with E-state index in [-0.39, 0.29) is 19.1 Å². The van der Waals surface area contributed by atoms with E-state index >= 15 is 0 Å². The van der Waals surface area contributed by atoms with E-state index in [1.165, 1.54) is 250 Å². The van der Waals surface area contributed by atoms with Crippen LogP contribution >= 0.6 is 7.82 Å². The van der Waals surface area contributed by atoms with Gasteiger partial charge in [0.05, 0.1) is 39.9 Å². The van der Waals surface area contributed by atoms with Crippen LogP contribution in [0.25, 0.3) is 0 Å². The first kappa shape index (κ1) is 82.9.